The Morgan fingerprint density at radius 1 is 1.35 bits per heavy atom. The zero-order chi connectivity index (χ0) is 17.1. The van der Waals surface area contributed by atoms with Crippen molar-refractivity contribution in [3.05, 3.63) is 35.4 Å². The Morgan fingerprint density at radius 3 is 2.65 bits per heavy atom. The lowest BCUT2D eigenvalue weighted by molar-refractivity contribution is -0.138. The second kappa shape index (κ2) is 7.19. The van der Waals surface area contributed by atoms with Gasteiger partial charge in [-0.25, -0.2) is 13.1 Å². The third kappa shape index (κ3) is 5.19. The summed E-state index contributed by atoms with van der Waals surface area (Å²) in [5.41, 5.74) is -1.14. The SMILES string of the molecule is CC(NS(=O)(=O)Cc1ccccc1C(F)(F)F)C1CCCNC1. The van der Waals surface area contributed by atoms with Crippen molar-refractivity contribution in [3.8, 4) is 0 Å². The van der Waals surface area contributed by atoms with E-state index in [1.54, 1.807) is 6.92 Å². The predicted octanol–water partition coefficient (Wildman–Crippen LogP) is 2.51. The number of halogens is 3. The van der Waals surface area contributed by atoms with Crippen molar-refractivity contribution in [1.29, 1.82) is 0 Å². The summed E-state index contributed by atoms with van der Waals surface area (Å²) in [6.07, 6.45) is -2.70. The van der Waals surface area contributed by atoms with Crippen molar-refractivity contribution in [3.63, 3.8) is 0 Å². The van der Waals surface area contributed by atoms with Gasteiger partial charge in [-0.2, -0.15) is 13.2 Å². The van der Waals surface area contributed by atoms with Gasteiger partial charge < -0.3 is 5.32 Å². The van der Waals surface area contributed by atoms with E-state index in [0.717, 1.165) is 25.5 Å². The summed E-state index contributed by atoms with van der Waals surface area (Å²) >= 11 is 0. The fraction of sp³-hybridized carbons (Fsp3) is 0.600. The van der Waals surface area contributed by atoms with E-state index in [4.69, 9.17) is 0 Å². The monoisotopic (exact) mass is 350 g/mol. The molecule has 0 spiro atoms. The average molecular weight is 350 g/mol. The minimum absolute atomic E-state index is 0.149. The molecule has 0 radical (unpaired) electrons. The van der Waals surface area contributed by atoms with Gasteiger partial charge in [-0.05, 0) is 50.4 Å². The first-order valence-corrected chi connectivity index (χ1v) is 9.20. The Morgan fingerprint density at radius 2 is 2.04 bits per heavy atom. The fourth-order valence-electron chi connectivity index (χ4n) is 2.85. The van der Waals surface area contributed by atoms with E-state index in [-0.39, 0.29) is 17.5 Å². The smallest absolute Gasteiger partial charge is 0.316 e. The lowest BCUT2D eigenvalue weighted by Gasteiger charge is -2.28. The van der Waals surface area contributed by atoms with Crippen LogP contribution < -0.4 is 10.0 Å². The van der Waals surface area contributed by atoms with Gasteiger partial charge in [-0.15, -0.1) is 0 Å². The van der Waals surface area contributed by atoms with Gasteiger partial charge in [0.15, 0.2) is 0 Å². The van der Waals surface area contributed by atoms with Crippen LogP contribution in [0.15, 0.2) is 24.3 Å². The van der Waals surface area contributed by atoms with Crippen LogP contribution in [-0.2, 0) is 22.0 Å². The molecule has 2 atom stereocenters. The van der Waals surface area contributed by atoms with Gasteiger partial charge in [0.05, 0.1) is 11.3 Å². The van der Waals surface area contributed by atoms with Gasteiger partial charge in [0.1, 0.15) is 0 Å². The van der Waals surface area contributed by atoms with Crippen LogP contribution in [0.3, 0.4) is 0 Å². The van der Waals surface area contributed by atoms with Crippen molar-refractivity contribution < 1.29 is 21.6 Å². The minimum atomic E-state index is -4.56. The molecule has 130 valence electrons. The highest BCUT2D eigenvalue weighted by Gasteiger charge is 2.34. The number of sulfonamides is 1. The largest absolute Gasteiger partial charge is 0.416 e. The van der Waals surface area contributed by atoms with E-state index >= 15 is 0 Å². The molecule has 0 amide bonds. The molecule has 0 bridgehead atoms. The van der Waals surface area contributed by atoms with Crippen LogP contribution in [0, 0.1) is 5.92 Å². The molecule has 1 aliphatic heterocycles. The van der Waals surface area contributed by atoms with Crippen LogP contribution in [0.25, 0.3) is 0 Å². The summed E-state index contributed by atoms with van der Waals surface area (Å²) in [6, 6.07) is 4.46. The highest BCUT2D eigenvalue weighted by Crippen LogP contribution is 2.32. The first-order valence-electron chi connectivity index (χ1n) is 7.55. The van der Waals surface area contributed by atoms with Crippen molar-refractivity contribution in [2.75, 3.05) is 13.1 Å². The van der Waals surface area contributed by atoms with E-state index in [1.807, 2.05) is 0 Å². The van der Waals surface area contributed by atoms with Gasteiger partial charge >= 0.3 is 6.18 Å². The topological polar surface area (TPSA) is 58.2 Å². The molecule has 1 saturated heterocycles. The first kappa shape index (κ1) is 18.2. The molecule has 1 heterocycles. The molecule has 1 aromatic rings. The first-order chi connectivity index (χ1) is 10.7. The summed E-state index contributed by atoms with van der Waals surface area (Å²) in [7, 11) is -3.84. The van der Waals surface area contributed by atoms with E-state index in [2.05, 4.69) is 10.0 Å². The molecule has 1 fully saturated rings. The Labute approximate surface area is 134 Å². The molecule has 2 unspecified atom stereocenters. The van der Waals surface area contributed by atoms with Crippen LogP contribution in [-0.4, -0.2) is 27.5 Å². The summed E-state index contributed by atoms with van der Waals surface area (Å²) in [5.74, 6) is -0.524. The molecular formula is C15H21F3N2O2S. The zero-order valence-corrected chi connectivity index (χ0v) is 13.7. The van der Waals surface area contributed by atoms with Crippen molar-refractivity contribution in [1.82, 2.24) is 10.0 Å². The van der Waals surface area contributed by atoms with Crippen molar-refractivity contribution >= 4 is 10.0 Å². The summed E-state index contributed by atoms with van der Waals surface area (Å²) < 4.78 is 65.8. The van der Waals surface area contributed by atoms with Gasteiger partial charge in [0.2, 0.25) is 10.0 Å². The molecule has 4 nitrogen and oxygen atoms in total. The highest BCUT2D eigenvalue weighted by molar-refractivity contribution is 7.88. The Bertz CT molecular complexity index is 626. The molecule has 23 heavy (non-hydrogen) atoms. The molecule has 1 aliphatic rings. The van der Waals surface area contributed by atoms with E-state index in [9.17, 15) is 21.6 Å². The molecule has 2 N–H and O–H groups in total. The maximum atomic E-state index is 13.0. The molecule has 0 saturated carbocycles. The lowest BCUT2D eigenvalue weighted by Crippen LogP contribution is -2.44. The van der Waals surface area contributed by atoms with E-state index < -0.39 is 27.5 Å². The predicted molar refractivity (Wildman–Crippen MR) is 82.3 cm³/mol. The third-order valence-electron chi connectivity index (χ3n) is 4.08. The standard InChI is InChI=1S/C15H21F3N2O2S/c1-11(12-6-4-8-19-9-12)20-23(21,22)10-13-5-2-3-7-14(13)15(16,17)18/h2-3,5,7,11-12,19-20H,4,6,8-10H2,1H3. The number of piperidine rings is 1. The normalized spacial score (nSPS) is 21.1. The van der Waals surface area contributed by atoms with Crippen LogP contribution in [0.4, 0.5) is 13.2 Å². The summed E-state index contributed by atoms with van der Waals surface area (Å²) in [6.45, 7) is 3.38. The molecule has 0 aliphatic carbocycles. The average Bonchev–Trinajstić information content (AvgIpc) is 2.46. The summed E-state index contributed by atoms with van der Waals surface area (Å²) in [5, 5.41) is 3.20. The van der Waals surface area contributed by atoms with Crippen LogP contribution in [0.1, 0.15) is 30.9 Å². The third-order valence-corrected chi connectivity index (χ3v) is 5.50. The number of benzene rings is 1. The van der Waals surface area contributed by atoms with Crippen LogP contribution in [0.5, 0.6) is 0 Å². The van der Waals surface area contributed by atoms with Crippen molar-refractivity contribution in [2.45, 2.75) is 37.7 Å². The Balaban J connectivity index is 2.09. The minimum Gasteiger partial charge on any atom is -0.316 e. The fourth-order valence-corrected chi connectivity index (χ4v) is 4.36. The molecule has 2 rings (SSSR count). The van der Waals surface area contributed by atoms with E-state index in [0.29, 0.717) is 6.54 Å². The lowest BCUT2D eigenvalue weighted by atomic mass is 9.94. The number of hydrogen-bond donors (Lipinski definition) is 2. The number of rotatable bonds is 5. The zero-order valence-electron chi connectivity index (χ0n) is 12.9. The molecule has 1 aromatic carbocycles. The Hall–Kier alpha value is -1.12. The second-order valence-corrected chi connectivity index (χ2v) is 7.68. The maximum absolute atomic E-state index is 13.0. The van der Waals surface area contributed by atoms with Crippen LogP contribution >= 0.6 is 0 Å². The van der Waals surface area contributed by atoms with Gasteiger partial charge in [-0.1, -0.05) is 18.2 Å². The number of alkyl halides is 3. The van der Waals surface area contributed by atoms with Gasteiger partial charge in [0, 0.05) is 6.04 Å². The van der Waals surface area contributed by atoms with E-state index in [1.165, 1.54) is 18.2 Å². The quantitative estimate of drug-likeness (QED) is 0.858. The van der Waals surface area contributed by atoms with Gasteiger partial charge in [-0.3, -0.25) is 0 Å². The van der Waals surface area contributed by atoms with Gasteiger partial charge in [0.25, 0.3) is 0 Å². The molecular weight excluding hydrogens is 329 g/mol. The number of hydrogen-bond acceptors (Lipinski definition) is 3. The molecule has 0 aromatic heterocycles. The Kier molecular flexibility index (Phi) is 5.70. The summed E-state index contributed by atoms with van der Waals surface area (Å²) in [4.78, 5) is 0. The molecule has 8 heteroatoms. The number of nitrogens with one attached hydrogen (secondary N) is 2. The highest BCUT2D eigenvalue weighted by atomic mass is 32.2. The maximum Gasteiger partial charge on any atom is 0.416 e. The van der Waals surface area contributed by atoms with Crippen LogP contribution in [0.2, 0.25) is 0 Å². The van der Waals surface area contributed by atoms with Crippen molar-refractivity contribution in [2.24, 2.45) is 5.92 Å². The second-order valence-electron chi connectivity index (χ2n) is 5.93.